The van der Waals surface area contributed by atoms with E-state index >= 15 is 0 Å². The van der Waals surface area contributed by atoms with Gasteiger partial charge in [-0.05, 0) is 61.9 Å². The first kappa shape index (κ1) is 31.1. The third kappa shape index (κ3) is 8.30. The summed E-state index contributed by atoms with van der Waals surface area (Å²) in [5.41, 5.74) is 7.19. The van der Waals surface area contributed by atoms with Crippen LogP contribution in [0.3, 0.4) is 0 Å². The number of nitrogens with one attached hydrogen (secondary N) is 3. The van der Waals surface area contributed by atoms with Gasteiger partial charge in [0, 0.05) is 29.7 Å². The van der Waals surface area contributed by atoms with E-state index in [-0.39, 0.29) is 11.8 Å². The van der Waals surface area contributed by atoms with Crippen molar-refractivity contribution in [2.24, 2.45) is 5.73 Å². The van der Waals surface area contributed by atoms with Gasteiger partial charge in [0.15, 0.2) is 5.82 Å². The number of halogens is 3. The van der Waals surface area contributed by atoms with E-state index in [1.807, 2.05) is 32.0 Å². The molecule has 13 nitrogen and oxygen atoms in total. The molecule has 0 bridgehead atoms. The molecule has 0 unspecified atom stereocenters. The zero-order chi connectivity index (χ0) is 30.9. The van der Waals surface area contributed by atoms with E-state index in [0.717, 1.165) is 15.9 Å². The van der Waals surface area contributed by atoms with Gasteiger partial charge < -0.3 is 25.6 Å². The Morgan fingerprint density at radius 3 is 2.12 bits per heavy atom. The second-order valence-corrected chi connectivity index (χ2v) is 8.25. The van der Waals surface area contributed by atoms with Crippen molar-refractivity contribution in [2.45, 2.75) is 26.1 Å². The highest BCUT2D eigenvalue weighted by Gasteiger charge is 2.38. The second-order valence-electron chi connectivity index (χ2n) is 8.25. The summed E-state index contributed by atoms with van der Waals surface area (Å²) in [6.45, 7) is 4.77. The molecule has 6 N–H and O–H groups in total. The molecule has 2 aromatic carbocycles. The summed E-state index contributed by atoms with van der Waals surface area (Å²) in [6.07, 6.45) is -2.01. The van der Waals surface area contributed by atoms with Crippen LogP contribution in [0.15, 0.2) is 65.7 Å². The van der Waals surface area contributed by atoms with E-state index in [1.54, 1.807) is 30.3 Å². The average Bonchev–Trinajstić information content (AvgIpc) is 3.33. The van der Waals surface area contributed by atoms with Crippen molar-refractivity contribution in [3.05, 3.63) is 88.4 Å². The first-order valence-corrected chi connectivity index (χ1v) is 12.3. The molecule has 0 amide bonds. The number of nitrogens with two attached hydrogens (primary N) is 1. The van der Waals surface area contributed by atoms with Gasteiger partial charge >= 0.3 is 17.8 Å². The number of H-pyrrole nitrogens is 1. The van der Waals surface area contributed by atoms with Gasteiger partial charge in [0.2, 0.25) is 0 Å². The maximum atomic E-state index is 12.7. The number of nitrogens with zero attached hydrogens (tertiary/aromatic N) is 4. The van der Waals surface area contributed by atoms with Crippen LogP contribution in [0.5, 0.6) is 11.5 Å². The number of anilines is 1. The van der Waals surface area contributed by atoms with Crippen LogP contribution in [0, 0.1) is 5.41 Å². The first-order valence-electron chi connectivity index (χ1n) is 12.3. The zero-order valence-corrected chi connectivity index (χ0v) is 22.3. The molecule has 0 aliphatic rings. The summed E-state index contributed by atoms with van der Waals surface area (Å²) >= 11 is 0. The number of benzene rings is 2. The number of rotatable bonds is 10. The predicted molar refractivity (Wildman–Crippen MR) is 145 cm³/mol. The highest BCUT2D eigenvalue weighted by molar-refractivity contribution is 5.95. The van der Waals surface area contributed by atoms with Crippen molar-refractivity contribution in [1.29, 1.82) is 5.41 Å². The highest BCUT2D eigenvalue weighted by Crippen LogP contribution is 2.31. The molecular weight excluding hydrogens is 561 g/mol. The van der Waals surface area contributed by atoms with Crippen LogP contribution < -0.4 is 26.2 Å². The molecule has 0 spiro atoms. The summed E-state index contributed by atoms with van der Waals surface area (Å²) in [6, 6.07) is 13.7. The molecule has 0 aliphatic heterocycles. The van der Waals surface area contributed by atoms with Crippen molar-refractivity contribution >= 4 is 17.5 Å². The molecule has 2 aromatic heterocycles. The van der Waals surface area contributed by atoms with Gasteiger partial charge in [-0.25, -0.2) is 19.6 Å². The summed E-state index contributed by atoms with van der Waals surface area (Å²) in [4.78, 5) is 32.7. The Kier molecular flexibility index (Phi) is 10.2. The normalized spacial score (nSPS) is 11.5. The first-order chi connectivity index (χ1) is 19.9. The van der Waals surface area contributed by atoms with Crippen LogP contribution in [-0.4, -0.2) is 61.0 Å². The molecule has 0 radical (unpaired) electrons. The fourth-order valence-electron chi connectivity index (χ4n) is 3.49. The minimum atomic E-state index is -5.08. The molecule has 16 heteroatoms. The van der Waals surface area contributed by atoms with Crippen LogP contribution in [0.2, 0.25) is 0 Å². The summed E-state index contributed by atoms with van der Waals surface area (Å²) in [7, 11) is 0. The van der Waals surface area contributed by atoms with Gasteiger partial charge in [-0.15, -0.1) is 9.78 Å². The van der Waals surface area contributed by atoms with Crippen molar-refractivity contribution in [3.63, 3.8) is 0 Å². The Labute approximate surface area is 236 Å². The summed E-state index contributed by atoms with van der Waals surface area (Å²) in [5, 5.41) is 22.6. The quantitative estimate of drug-likeness (QED) is 0.136. The Morgan fingerprint density at radius 2 is 1.64 bits per heavy atom. The molecule has 0 saturated carbocycles. The zero-order valence-electron chi connectivity index (χ0n) is 22.3. The van der Waals surface area contributed by atoms with Crippen LogP contribution in [-0.2, 0) is 4.79 Å². The van der Waals surface area contributed by atoms with Crippen LogP contribution in [0.4, 0.5) is 18.9 Å². The number of carboxylic acids is 1. The number of hydrogen-bond acceptors (Lipinski definition) is 9. The average molecular weight is 589 g/mol. The molecule has 4 aromatic rings. The van der Waals surface area contributed by atoms with Crippen LogP contribution >= 0.6 is 0 Å². The SMILES string of the molecule is CCOc1cc(OCC)cc([C@H](Nc2ccc(C(=N)N)cc2)c2nn(-c3ncccn3)c(=O)[nH]2)c1.O=C(O)C(F)(F)F. The van der Waals surface area contributed by atoms with E-state index < -0.39 is 23.9 Å². The van der Waals surface area contributed by atoms with Gasteiger partial charge in [-0.2, -0.15) is 13.2 Å². The van der Waals surface area contributed by atoms with Gasteiger partial charge in [-0.1, -0.05) is 0 Å². The maximum Gasteiger partial charge on any atom is 0.490 e. The molecule has 0 aliphatic carbocycles. The molecule has 0 fully saturated rings. The minimum absolute atomic E-state index is 0.0233. The standard InChI is InChI=1S/C24H26N8O3.C2HF3O2/c1-3-34-18-12-16(13-19(14-18)35-4-2)20(29-17-8-6-15(7-9-17)21(25)26)22-30-24(33)32(31-22)23-27-10-5-11-28-23;3-2(4,5)1(6)7/h5-14,20,29H,3-4H2,1-2H3,(H3,25,26)(H,30,31,33);(H,6,7)/t20-;/m0./s1. The number of aliphatic carboxylic acids is 1. The highest BCUT2D eigenvalue weighted by atomic mass is 19.4. The monoisotopic (exact) mass is 588 g/mol. The van der Waals surface area contributed by atoms with Crippen molar-refractivity contribution in [2.75, 3.05) is 18.5 Å². The summed E-state index contributed by atoms with van der Waals surface area (Å²) in [5.74, 6) is -1.03. The minimum Gasteiger partial charge on any atom is -0.494 e. The Morgan fingerprint density at radius 1 is 1.10 bits per heavy atom. The molecule has 42 heavy (non-hydrogen) atoms. The molecule has 0 saturated heterocycles. The van der Waals surface area contributed by atoms with Crippen LogP contribution in [0.1, 0.15) is 36.8 Å². The topological polar surface area (TPSA) is 194 Å². The fraction of sp³-hybridized carbons (Fsp3) is 0.231. The van der Waals surface area contributed by atoms with Gasteiger partial charge in [0.05, 0.1) is 13.2 Å². The van der Waals surface area contributed by atoms with Gasteiger partial charge in [0.25, 0.3) is 5.95 Å². The third-order valence-electron chi connectivity index (χ3n) is 5.26. The van der Waals surface area contributed by atoms with Crippen molar-refractivity contribution < 1.29 is 32.5 Å². The van der Waals surface area contributed by atoms with E-state index in [0.29, 0.717) is 36.1 Å². The lowest BCUT2D eigenvalue weighted by Gasteiger charge is -2.20. The number of alkyl halides is 3. The Bertz CT molecular complexity index is 1530. The lowest BCUT2D eigenvalue weighted by Crippen LogP contribution is -2.21. The summed E-state index contributed by atoms with van der Waals surface area (Å²) < 4.78 is 44.3. The Hall–Kier alpha value is -5.41. The molecule has 2 heterocycles. The predicted octanol–water partition coefficient (Wildman–Crippen LogP) is 3.27. The number of ether oxygens (including phenoxy) is 2. The van der Waals surface area contributed by atoms with E-state index in [2.05, 4.69) is 25.4 Å². The lowest BCUT2D eigenvalue weighted by molar-refractivity contribution is -0.192. The number of carbonyl (C=O) groups is 1. The number of nitrogen functional groups attached to an aromatic ring is 1. The molecule has 1 atom stereocenters. The van der Waals surface area contributed by atoms with E-state index in [1.165, 1.54) is 12.4 Å². The largest absolute Gasteiger partial charge is 0.494 e. The van der Waals surface area contributed by atoms with Crippen LogP contribution in [0.25, 0.3) is 5.95 Å². The fourth-order valence-corrected chi connectivity index (χ4v) is 3.49. The van der Waals surface area contributed by atoms with E-state index in [4.69, 9.17) is 30.5 Å². The molecule has 4 rings (SSSR count). The van der Waals surface area contributed by atoms with E-state index in [9.17, 15) is 18.0 Å². The number of carboxylic acid groups (broad SMARTS) is 1. The Balaban J connectivity index is 0.000000616. The number of aromatic nitrogens is 5. The maximum absolute atomic E-state index is 12.7. The van der Waals surface area contributed by atoms with Crippen molar-refractivity contribution in [3.8, 4) is 17.4 Å². The number of aromatic amines is 1. The molecular formula is C26H27F3N8O5. The lowest BCUT2D eigenvalue weighted by atomic mass is 10.0. The number of hydrogen-bond donors (Lipinski definition) is 5. The third-order valence-corrected chi connectivity index (χ3v) is 5.26. The van der Waals surface area contributed by atoms with Crippen molar-refractivity contribution in [1.82, 2.24) is 24.7 Å². The smallest absolute Gasteiger partial charge is 0.490 e. The number of amidine groups is 1. The second kappa shape index (κ2) is 13.8. The van der Waals surface area contributed by atoms with Gasteiger partial charge in [-0.3, -0.25) is 10.4 Å². The molecule has 222 valence electrons. The van der Waals surface area contributed by atoms with Gasteiger partial charge in [0.1, 0.15) is 23.4 Å².